The number of nitrogens with zero attached hydrogens (tertiary/aromatic N) is 1. The molecule has 1 rings (SSSR count). The normalized spacial score (nSPS) is 12.5. The summed E-state index contributed by atoms with van der Waals surface area (Å²) in [5.41, 5.74) is 0.429. The van der Waals surface area contributed by atoms with E-state index in [1.165, 1.54) is 0 Å². The second-order valence-electron chi connectivity index (χ2n) is 4.58. The van der Waals surface area contributed by atoms with Gasteiger partial charge in [0.25, 0.3) is 0 Å². The van der Waals surface area contributed by atoms with Crippen LogP contribution < -0.4 is 10.2 Å². The van der Waals surface area contributed by atoms with Gasteiger partial charge in [-0.25, -0.2) is 0 Å². The molecule has 0 aliphatic carbocycles. The van der Waals surface area contributed by atoms with Crippen LogP contribution >= 0.6 is 0 Å². The Morgan fingerprint density at radius 1 is 1.37 bits per heavy atom. The van der Waals surface area contributed by atoms with Crippen molar-refractivity contribution in [3.8, 4) is 5.75 Å². The van der Waals surface area contributed by atoms with Crippen LogP contribution in [0.3, 0.4) is 0 Å². The number of hydrogen-bond acceptors (Lipinski definition) is 5. The van der Waals surface area contributed by atoms with E-state index in [0.717, 1.165) is 6.54 Å². The molecule has 19 heavy (non-hydrogen) atoms. The Kier molecular flexibility index (Phi) is 6.87. The molecule has 6 heteroatoms. The molecule has 0 heterocycles. The van der Waals surface area contributed by atoms with Crippen LogP contribution in [-0.2, 0) is 4.74 Å². The molecule has 5 nitrogen and oxygen atoms in total. The average Bonchev–Trinajstić information content (AvgIpc) is 2.39. The molecule has 0 aliphatic heterocycles. The third-order valence-electron chi connectivity index (χ3n) is 3.03. The molecule has 0 bridgehead atoms. The van der Waals surface area contributed by atoms with Crippen LogP contribution in [0.1, 0.15) is 6.92 Å². The fourth-order valence-electron chi connectivity index (χ4n) is 1.66. The first-order valence-electron chi connectivity index (χ1n) is 6.32. The highest BCUT2D eigenvalue weighted by Gasteiger charge is 2.12. The highest BCUT2D eigenvalue weighted by atomic mass is 16.5. The first kappa shape index (κ1) is 16.0. The zero-order valence-electron chi connectivity index (χ0n) is 11.7. The first-order valence-corrected chi connectivity index (χ1v) is 6.32. The van der Waals surface area contributed by atoms with Gasteiger partial charge in [0.05, 0.1) is 6.61 Å². The summed E-state index contributed by atoms with van der Waals surface area (Å²) in [6.07, 6.45) is 0. The van der Waals surface area contributed by atoms with E-state index >= 15 is 0 Å². The molecule has 0 radical (unpaired) electrons. The summed E-state index contributed by atoms with van der Waals surface area (Å²) < 4.78 is 10.7. The predicted molar refractivity (Wildman–Crippen MR) is 75.7 cm³/mol. The zero-order chi connectivity index (χ0) is 14.3. The monoisotopic (exact) mass is 267 g/mol. The van der Waals surface area contributed by atoms with Gasteiger partial charge in [0.15, 0.2) is 0 Å². The number of ether oxygens (including phenoxy) is 2. The first-order chi connectivity index (χ1) is 9.04. The highest BCUT2D eigenvalue weighted by Crippen LogP contribution is 2.07. The van der Waals surface area contributed by atoms with Crippen molar-refractivity contribution in [2.75, 3.05) is 33.9 Å². The van der Waals surface area contributed by atoms with Crippen LogP contribution in [0.2, 0.25) is 0 Å². The maximum absolute atomic E-state index is 9.07. The molecule has 2 N–H and O–H groups in total. The molecule has 0 fully saturated rings. The molecule has 0 aliphatic rings. The lowest BCUT2D eigenvalue weighted by Crippen LogP contribution is -2.35. The Bertz CT molecular complexity index is 375. The van der Waals surface area contributed by atoms with Gasteiger partial charge in [-0.15, -0.1) is 0 Å². The van der Waals surface area contributed by atoms with Crippen LogP contribution in [0.25, 0.3) is 0 Å². The van der Waals surface area contributed by atoms with Crippen molar-refractivity contribution in [2.24, 2.45) is 0 Å². The number of likely N-dealkylation sites (N-methyl/N-ethyl adjacent to an activating group) is 1. The van der Waals surface area contributed by atoms with E-state index in [1.54, 1.807) is 31.4 Å². The second kappa shape index (κ2) is 8.17. The fourth-order valence-corrected chi connectivity index (χ4v) is 1.66. The van der Waals surface area contributed by atoms with Crippen LogP contribution in [0.5, 0.6) is 5.75 Å². The van der Waals surface area contributed by atoms with Gasteiger partial charge < -0.3 is 19.5 Å². The molecule has 1 unspecified atom stereocenters. The zero-order valence-corrected chi connectivity index (χ0v) is 11.7. The van der Waals surface area contributed by atoms with Gasteiger partial charge in [-0.2, -0.15) is 0 Å². The van der Waals surface area contributed by atoms with Gasteiger partial charge in [0.1, 0.15) is 12.4 Å². The molecule has 0 saturated carbocycles. The van der Waals surface area contributed by atoms with Crippen molar-refractivity contribution in [1.82, 2.24) is 4.90 Å². The minimum absolute atomic E-state index is 0.333. The molecular formula is C13H22BNO4. The van der Waals surface area contributed by atoms with Crippen molar-refractivity contribution >= 4 is 12.6 Å². The Hall–Kier alpha value is -1.08. The summed E-state index contributed by atoms with van der Waals surface area (Å²) in [5, 5.41) is 18.1. The molecule has 1 aromatic rings. The molecule has 1 aromatic carbocycles. The third-order valence-corrected chi connectivity index (χ3v) is 3.03. The van der Waals surface area contributed by atoms with Crippen molar-refractivity contribution in [1.29, 1.82) is 0 Å². The smallest absolute Gasteiger partial charge is 0.488 e. The topological polar surface area (TPSA) is 62.2 Å². The highest BCUT2D eigenvalue weighted by molar-refractivity contribution is 6.58. The minimum atomic E-state index is -1.46. The lowest BCUT2D eigenvalue weighted by atomic mass is 9.80. The summed E-state index contributed by atoms with van der Waals surface area (Å²) in [5.74, 6) is 0.637. The summed E-state index contributed by atoms with van der Waals surface area (Å²) in [4.78, 5) is 2.15. The summed E-state index contributed by atoms with van der Waals surface area (Å²) >= 11 is 0. The summed E-state index contributed by atoms with van der Waals surface area (Å²) in [6, 6.07) is 7.14. The van der Waals surface area contributed by atoms with Crippen LogP contribution in [0.4, 0.5) is 0 Å². The van der Waals surface area contributed by atoms with E-state index in [-0.39, 0.29) is 0 Å². The lowest BCUT2D eigenvalue weighted by molar-refractivity contribution is 0.105. The molecule has 0 aromatic heterocycles. The summed E-state index contributed by atoms with van der Waals surface area (Å²) in [7, 11) is 2.24. The number of rotatable bonds is 8. The number of methoxy groups -OCH3 is 1. The average molecular weight is 267 g/mol. The van der Waals surface area contributed by atoms with Crippen molar-refractivity contribution < 1.29 is 19.5 Å². The fraction of sp³-hybridized carbons (Fsp3) is 0.538. The molecule has 1 atom stereocenters. The van der Waals surface area contributed by atoms with Gasteiger partial charge in [0, 0.05) is 19.7 Å². The Labute approximate surface area is 114 Å². The Balaban J connectivity index is 2.38. The minimum Gasteiger partial charge on any atom is -0.492 e. The summed E-state index contributed by atoms with van der Waals surface area (Å²) in [6.45, 7) is 4.08. The SMILES string of the molecule is COCC(C)N(C)CCOc1cccc(B(O)O)c1. The largest absolute Gasteiger partial charge is 0.492 e. The molecule has 0 spiro atoms. The maximum Gasteiger partial charge on any atom is 0.488 e. The lowest BCUT2D eigenvalue weighted by Gasteiger charge is -2.23. The Morgan fingerprint density at radius 2 is 2.11 bits per heavy atom. The number of benzene rings is 1. The van der Waals surface area contributed by atoms with Crippen LogP contribution in [-0.4, -0.2) is 62.0 Å². The van der Waals surface area contributed by atoms with E-state index in [2.05, 4.69) is 11.8 Å². The van der Waals surface area contributed by atoms with Gasteiger partial charge in [0.2, 0.25) is 0 Å². The second-order valence-corrected chi connectivity index (χ2v) is 4.58. The van der Waals surface area contributed by atoms with Crippen molar-refractivity contribution in [3.63, 3.8) is 0 Å². The molecular weight excluding hydrogens is 245 g/mol. The molecule has 0 amide bonds. The predicted octanol–water partition coefficient (Wildman–Crippen LogP) is -0.288. The number of hydrogen-bond donors (Lipinski definition) is 2. The Morgan fingerprint density at radius 3 is 2.74 bits per heavy atom. The molecule has 0 saturated heterocycles. The maximum atomic E-state index is 9.07. The van der Waals surface area contributed by atoms with Crippen molar-refractivity contribution in [2.45, 2.75) is 13.0 Å². The van der Waals surface area contributed by atoms with Crippen molar-refractivity contribution in [3.05, 3.63) is 24.3 Å². The van der Waals surface area contributed by atoms with E-state index in [1.807, 2.05) is 7.05 Å². The van der Waals surface area contributed by atoms with E-state index in [0.29, 0.717) is 30.5 Å². The third kappa shape index (κ3) is 5.61. The molecule has 106 valence electrons. The standard InChI is InChI=1S/C13H22BNO4/c1-11(10-18-3)15(2)7-8-19-13-6-4-5-12(9-13)14(16)17/h4-6,9,11,16-17H,7-8,10H2,1-3H3. The van der Waals surface area contributed by atoms with Gasteiger partial charge in [-0.05, 0) is 31.6 Å². The van der Waals surface area contributed by atoms with Crippen LogP contribution in [0, 0.1) is 0 Å². The van der Waals surface area contributed by atoms with E-state index < -0.39 is 7.12 Å². The van der Waals surface area contributed by atoms with Gasteiger partial charge >= 0.3 is 7.12 Å². The quantitative estimate of drug-likeness (QED) is 0.634. The van der Waals surface area contributed by atoms with Crippen LogP contribution in [0.15, 0.2) is 24.3 Å². The van der Waals surface area contributed by atoms with Gasteiger partial charge in [-0.3, -0.25) is 4.90 Å². The van der Waals surface area contributed by atoms with E-state index in [9.17, 15) is 0 Å². The van der Waals surface area contributed by atoms with Gasteiger partial charge in [-0.1, -0.05) is 12.1 Å². The van der Waals surface area contributed by atoms with E-state index in [4.69, 9.17) is 19.5 Å².